The molecule has 10 heteroatoms. The number of hydrogen-bond donors (Lipinski definition) is 1. The van der Waals surface area contributed by atoms with Crippen molar-refractivity contribution < 1.29 is 28.9 Å². The maximum Gasteiger partial charge on any atom is 0.290 e. The Balaban J connectivity index is 2.16. The smallest absolute Gasteiger partial charge is 0.290 e. The van der Waals surface area contributed by atoms with E-state index in [1.165, 1.54) is 37.6 Å². The number of aromatic nitrogens is 1. The van der Waals surface area contributed by atoms with Crippen molar-refractivity contribution in [2.75, 3.05) is 48.5 Å². The van der Waals surface area contributed by atoms with Gasteiger partial charge in [0.25, 0.3) is 5.91 Å². The first-order valence-electron chi connectivity index (χ1n) is 10.8. The molecule has 184 valence electrons. The van der Waals surface area contributed by atoms with Crippen LogP contribution in [0.4, 0.5) is 0 Å². The van der Waals surface area contributed by atoms with Crippen LogP contribution in [0.5, 0.6) is 17.2 Å². The molecule has 1 aromatic heterocycles. The molecule has 0 bridgehead atoms. The summed E-state index contributed by atoms with van der Waals surface area (Å²) >= 11 is 1.24. The molecule has 0 aliphatic carbocycles. The van der Waals surface area contributed by atoms with Gasteiger partial charge < -0.3 is 29.1 Å². The molecule has 1 atom stereocenters. The van der Waals surface area contributed by atoms with Gasteiger partial charge in [0.2, 0.25) is 11.5 Å². The first-order chi connectivity index (χ1) is 16.1. The summed E-state index contributed by atoms with van der Waals surface area (Å²) in [5.41, 5.74) is 1.16. The summed E-state index contributed by atoms with van der Waals surface area (Å²) in [4.78, 5) is 35.1. The van der Waals surface area contributed by atoms with Crippen molar-refractivity contribution in [3.8, 4) is 17.2 Å². The van der Waals surface area contributed by atoms with Crippen LogP contribution in [0.1, 0.15) is 38.4 Å². The third-order valence-corrected chi connectivity index (χ3v) is 6.74. The number of rotatable bonds is 10. The van der Waals surface area contributed by atoms with E-state index < -0.39 is 23.5 Å². The van der Waals surface area contributed by atoms with Gasteiger partial charge in [0, 0.05) is 6.54 Å². The second-order valence-corrected chi connectivity index (χ2v) is 9.46. The van der Waals surface area contributed by atoms with Gasteiger partial charge in [-0.3, -0.25) is 9.59 Å². The van der Waals surface area contributed by atoms with Crippen molar-refractivity contribution in [3.63, 3.8) is 0 Å². The number of thiazole rings is 1. The fourth-order valence-corrected chi connectivity index (χ4v) is 5.02. The van der Waals surface area contributed by atoms with Crippen LogP contribution in [0, 0.1) is 13.8 Å². The van der Waals surface area contributed by atoms with E-state index in [0.717, 1.165) is 11.6 Å². The number of carbonyl (C=O) groups excluding carboxylic acids is 2. The molecule has 0 saturated heterocycles. The second kappa shape index (κ2) is 10.4. The van der Waals surface area contributed by atoms with Gasteiger partial charge >= 0.3 is 0 Å². The number of nitrogens with zero attached hydrogens (tertiary/aromatic N) is 3. The molecule has 0 fully saturated rings. The Kier molecular flexibility index (Phi) is 7.83. The van der Waals surface area contributed by atoms with Crippen molar-refractivity contribution in [2.24, 2.45) is 0 Å². The number of amides is 1. The second-order valence-electron chi connectivity index (χ2n) is 8.26. The number of ketones is 1. The van der Waals surface area contributed by atoms with Crippen molar-refractivity contribution in [1.82, 2.24) is 14.8 Å². The van der Waals surface area contributed by atoms with Gasteiger partial charge in [0.05, 0.1) is 48.5 Å². The summed E-state index contributed by atoms with van der Waals surface area (Å²) in [6.07, 6.45) is 0.660. The van der Waals surface area contributed by atoms with E-state index >= 15 is 0 Å². The highest BCUT2D eigenvalue weighted by Gasteiger charge is 2.44. The minimum absolute atomic E-state index is 0.0240. The first kappa shape index (κ1) is 25.5. The molecular weight excluding hydrogens is 458 g/mol. The average Bonchev–Trinajstić information content (AvgIpc) is 3.27. The Labute approximate surface area is 203 Å². The van der Waals surface area contributed by atoms with Gasteiger partial charge in [-0.2, -0.15) is 0 Å². The number of Topliss-reactive ketones (excluding diaryl/α,β-unsaturated/α-hetero) is 1. The maximum absolute atomic E-state index is 13.7. The molecule has 34 heavy (non-hydrogen) atoms. The van der Waals surface area contributed by atoms with Crippen molar-refractivity contribution in [1.29, 1.82) is 0 Å². The van der Waals surface area contributed by atoms with Crippen molar-refractivity contribution in [2.45, 2.75) is 26.3 Å². The number of carbonyl (C=O) groups is 2. The number of ether oxygens (including phenoxy) is 3. The van der Waals surface area contributed by atoms with Gasteiger partial charge in [-0.1, -0.05) is 0 Å². The van der Waals surface area contributed by atoms with Crippen LogP contribution < -0.4 is 14.2 Å². The quantitative estimate of drug-likeness (QED) is 0.507. The zero-order valence-electron chi connectivity index (χ0n) is 20.6. The fourth-order valence-electron chi connectivity index (χ4n) is 4.14. The monoisotopic (exact) mass is 489 g/mol. The lowest BCUT2D eigenvalue weighted by Gasteiger charge is -2.28. The average molecular weight is 490 g/mol. The molecule has 1 aliphatic rings. The van der Waals surface area contributed by atoms with Crippen LogP contribution in [0.2, 0.25) is 0 Å². The molecule has 0 radical (unpaired) electrons. The summed E-state index contributed by atoms with van der Waals surface area (Å²) < 4.78 is 16.4. The predicted octanol–water partition coefficient (Wildman–Crippen LogP) is 3.32. The van der Waals surface area contributed by atoms with Crippen molar-refractivity contribution in [3.05, 3.63) is 44.6 Å². The van der Waals surface area contributed by atoms with E-state index in [1.54, 1.807) is 19.1 Å². The van der Waals surface area contributed by atoms with Crippen LogP contribution in [-0.4, -0.2) is 80.1 Å². The van der Waals surface area contributed by atoms with Gasteiger partial charge in [-0.05, 0) is 58.6 Å². The number of methoxy groups -OCH3 is 3. The Hall–Kier alpha value is -3.11. The zero-order chi connectivity index (χ0) is 25.2. The highest BCUT2D eigenvalue weighted by atomic mass is 32.1. The Morgan fingerprint density at radius 1 is 1.15 bits per heavy atom. The predicted molar refractivity (Wildman–Crippen MR) is 129 cm³/mol. The number of hydrogen-bond acceptors (Lipinski definition) is 9. The Morgan fingerprint density at radius 3 is 2.24 bits per heavy atom. The fraction of sp³-hybridized carbons (Fsp3) is 0.458. The van der Waals surface area contributed by atoms with E-state index in [0.29, 0.717) is 46.3 Å². The standard InChI is InChI=1S/C24H31N3O6S/c1-13-23(34-14(2)25-13)20(28)18-19(27(24(30)21(18)29)10-8-9-26(3)4)15-11-16(31-5)22(33-7)17(12-15)32-6/h11-12,19,29H,8-10H2,1-7H3/t19-/m1/s1. The maximum atomic E-state index is 13.7. The van der Waals surface area contributed by atoms with E-state index in [4.69, 9.17) is 14.2 Å². The Bertz CT molecular complexity index is 1100. The summed E-state index contributed by atoms with van der Waals surface area (Å²) in [5.74, 6) is -0.366. The van der Waals surface area contributed by atoms with Gasteiger partial charge in [-0.25, -0.2) is 4.98 Å². The summed E-state index contributed by atoms with van der Waals surface area (Å²) in [7, 11) is 8.39. The lowest BCUT2D eigenvalue weighted by atomic mass is 9.94. The number of aliphatic hydroxyl groups excluding tert-OH is 1. The van der Waals surface area contributed by atoms with Gasteiger partial charge in [-0.15, -0.1) is 11.3 Å². The van der Waals surface area contributed by atoms with Crippen molar-refractivity contribution >= 4 is 23.0 Å². The summed E-state index contributed by atoms with van der Waals surface area (Å²) in [6, 6.07) is 2.58. The molecule has 0 unspecified atom stereocenters. The van der Waals surface area contributed by atoms with Gasteiger partial charge in [0.15, 0.2) is 17.3 Å². The largest absolute Gasteiger partial charge is 0.503 e. The van der Waals surface area contributed by atoms with Crippen LogP contribution >= 0.6 is 11.3 Å². The molecule has 1 aliphatic heterocycles. The van der Waals surface area contributed by atoms with Crippen LogP contribution in [0.3, 0.4) is 0 Å². The van der Waals surface area contributed by atoms with Crippen LogP contribution in [0.25, 0.3) is 0 Å². The third-order valence-electron chi connectivity index (χ3n) is 5.67. The molecular formula is C24H31N3O6S. The lowest BCUT2D eigenvalue weighted by molar-refractivity contribution is -0.129. The SMILES string of the molecule is COc1cc([C@@H]2C(C(=O)c3sc(C)nc3C)=C(O)C(=O)N2CCCN(C)C)cc(OC)c1OC. The van der Waals surface area contributed by atoms with Gasteiger partial charge in [0.1, 0.15) is 0 Å². The van der Waals surface area contributed by atoms with E-state index in [2.05, 4.69) is 4.98 Å². The summed E-state index contributed by atoms with van der Waals surface area (Å²) in [5, 5.41) is 11.6. The normalized spacial score (nSPS) is 15.9. The topological polar surface area (TPSA) is 101 Å². The minimum atomic E-state index is -0.822. The molecule has 9 nitrogen and oxygen atoms in total. The highest BCUT2D eigenvalue weighted by molar-refractivity contribution is 7.14. The molecule has 0 spiro atoms. The van der Waals surface area contributed by atoms with Crippen LogP contribution in [-0.2, 0) is 4.79 Å². The number of benzene rings is 1. The Morgan fingerprint density at radius 2 is 1.76 bits per heavy atom. The summed E-state index contributed by atoms with van der Waals surface area (Å²) in [6.45, 7) is 4.64. The molecule has 1 amide bonds. The minimum Gasteiger partial charge on any atom is -0.503 e. The molecule has 3 rings (SSSR count). The molecule has 1 aromatic carbocycles. The van der Waals surface area contributed by atoms with E-state index in [9.17, 15) is 14.7 Å². The lowest BCUT2D eigenvalue weighted by Crippen LogP contribution is -2.33. The van der Waals surface area contributed by atoms with E-state index in [-0.39, 0.29) is 5.57 Å². The molecule has 1 N–H and O–H groups in total. The molecule has 2 heterocycles. The third kappa shape index (κ3) is 4.74. The molecule has 0 saturated carbocycles. The number of aryl methyl sites for hydroxylation is 2. The number of aliphatic hydroxyl groups is 1. The highest BCUT2D eigenvalue weighted by Crippen LogP contribution is 2.46. The first-order valence-corrected chi connectivity index (χ1v) is 11.6. The van der Waals surface area contributed by atoms with Crippen LogP contribution in [0.15, 0.2) is 23.5 Å². The van der Waals surface area contributed by atoms with E-state index in [1.807, 2.05) is 25.9 Å². The zero-order valence-corrected chi connectivity index (χ0v) is 21.4. The molecule has 2 aromatic rings.